The van der Waals surface area contributed by atoms with Gasteiger partial charge in [-0.1, -0.05) is 64.5 Å². The van der Waals surface area contributed by atoms with E-state index in [1.165, 1.54) is 16.9 Å². The third kappa shape index (κ3) is 5.70. The molecule has 0 radical (unpaired) electrons. The summed E-state index contributed by atoms with van der Waals surface area (Å²) in [4.78, 5) is 12.2. The van der Waals surface area contributed by atoms with Crippen LogP contribution in [0.1, 0.15) is 22.3 Å². The van der Waals surface area contributed by atoms with Gasteiger partial charge in [0.1, 0.15) is 5.75 Å². The first-order valence-electron chi connectivity index (χ1n) is 8.62. The van der Waals surface area contributed by atoms with Crippen molar-refractivity contribution in [1.29, 1.82) is 0 Å². The second-order valence-corrected chi connectivity index (χ2v) is 8.99. The molecule has 0 unspecified atom stereocenters. The molecule has 0 bridgehead atoms. The molecule has 0 fully saturated rings. The van der Waals surface area contributed by atoms with E-state index in [1.807, 2.05) is 57.2 Å². The van der Waals surface area contributed by atoms with Crippen molar-refractivity contribution in [3.63, 3.8) is 0 Å². The summed E-state index contributed by atoms with van der Waals surface area (Å²) in [6.07, 6.45) is 0. The Kier molecular flexibility index (Phi) is 6.93. The predicted molar refractivity (Wildman–Crippen MR) is 116 cm³/mol. The number of halogens is 1. The first-order valence-corrected chi connectivity index (χ1v) is 10.8. The van der Waals surface area contributed by atoms with Gasteiger partial charge in [0.05, 0.1) is 0 Å². The van der Waals surface area contributed by atoms with Gasteiger partial charge in [-0.25, -0.2) is 0 Å². The van der Waals surface area contributed by atoms with Crippen molar-refractivity contribution in [2.75, 3.05) is 11.9 Å². The summed E-state index contributed by atoms with van der Waals surface area (Å²) in [7, 11) is 0. The molecule has 146 valence electrons. The van der Waals surface area contributed by atoms with Gasteiger partial charge in [0.2, 0.25) is 5.13 Å². The number of amides is 1. The maximum atomic E-state index is 12.2. The molecule has 1 aromatic heterocycles. The molecule has 0 aliphatic carbocycles. The fourth-order valence-corrected chi connectivity index (χ4v) is 4.58. The monoisotopic (exact) mass is 433 g/mol. The molecule has 5 nitrogen and oxygen atoms in total. The van der Waals surface area contributed by atoms with E-state index in [9.17, 15) is 4.79 Å². The molecule has 0 atom stereocenters. The van der Waals surface area contributed by atoms with Crippen molar-refractivity contribution >= 4 is 45.7 Å². The fraction of sp³-hybridized carbons (Fsp3) is 0.250. The highest BCUT2D eigenvalue weighted by Crippen LogP contribution is 2.29. The molecule has 8 heteroatoms. The van der Waals surface area contributed by atoms with Crippen LogP contribution in [0, 0.1) is 20.8 Å². The SMILES string of the molecule is Cc1cc(C)c(OCC(=O)Nc2nnc(SCc3ccc(Cl)cc3)s2)c(C)c1. The summed E-state index contributed by atoms with van der Waals surface area (Å²) >= 11 is 8.79. The van der Waals surface area contributed by atoms with Crippen molar-refractivity contribution in [3.8, 4) is 5.75 Å². The summed E-state index contributed by atoms with van der Waals surface area (Å²) in [6.45, 7) is 5.91. The number of thioether (sulfide) groups is 1. The van der Waals surface area contributed by atoms with Gasteiger partial charge in [-0.2, -0.15) is 0 Å². The van der Waals surface area contributed by atoms with Gasteiger partial charge in [0, 0.05) is 10.8 Å². The number of carbonyl (C=O) groups is 1. The minimum absolute atomic E-state index is 0.0719. The van der Waals surface area contributed by atoms with Crippen molar-refractivity contribution < 1.29 is 9.53 Å². The number of aromatic nitrogens is 2. The lowest BCUT2D eigenvalue weighted by Gasteiger charge is -2.12. The average Bonchev–Trinajstić information content (AvgIpc) is 3.07. The maximum absolute atomic E-state index is 12.2. The Balaban J connectivity index is 1.50. The number of aryl methyl sites for hydroxylation is 3. The van der Waals surface area contributed by atoms with Crippen LogP contribution in [-0.4, -0.2) is 22.7 Å². The zero-order valence-electron chi connectivity index (χ0n) is 15.8. The number of nitrogens with zero attached hydrogens (tertiary/aromatic N) is 2. The normalized spacial score (nSPS) is 10.7. The summed E-state index contributed by atoms with van der Waals surface area (Å²) in [5.41, 5.74) is 4.35. The van der Waals surface area contributed by atoms with Crippen molar-refractivity contribution in [2.45, 2.75) is 30.9 Å². The van der Waals surface area contributed by atoms with E-state index < -0.39 is 0 Å². The van der Waals surface area contributed by atoms with Crippen LogP contribution in [0.4, 0.5) is 5.13 Å². The van der Waals surface area contributed by atoms with Crippen LogP contribution in [0.25, 0.3) is 0 Å². The number of nitrogens with one attached hydrogen (secondary N) is 1. The number of benzene rings is 2. The Labute approximate surface area is 177 Å². The fourth-order valence-electron chi connectivity index (χ4n) is 2.73. The Morgan fingerprint density at radius 2 is 1.82 bits per heavy atom. The van der Waals surface area contributed by atoms with Crippen LogP contribution < -0.4 is 10.1 Å². The molecule has 28 heavy (non-hydrogen) atoms. The van der Waals surface area contributed by atoms with Crippen LogP contribution in [0.5, 0.6) is 5.75 Å². The van der Waals surface area contributed by atoms with Gasteiger partial charge in [0.15, 0.2) is 10.9 Å². The largest absolute Gasteiger partial charge is 0.483 e. The quantitative estimate of drug-likeness (QED) is 0.397. The molecule has 1 heterocycles. The molecule has 2 aromatic carbocycles. The number of carbonyl (C=O) groups excluding carboxylic acids is 1. The lowest BCUT2D eigenvalue weighted by Crippen LogP contribution is -2.20. The molecule has 1 N–H and O–H groups in total. The number of rotatable bonds is 7. The molecule has 0 spiro atoms. The van der Waals surface area contributed by atoms with Crippen LogP contribution in [0.3, 0.4) is 0 Å². The maximum Gasteiger partial charge on any atom is 0.264 e. The predicted octanol–water partition coefficient (Wildman–Crippen LogP) is 5.43. The van der Waals surface area contributed by atoms with Gasteiger partial charge in [0.25, 0.3) is 5.91 Å². The van der Waals surface area contributed by atoms with E-state index in [0.29, 0.717) is 10.2 Å². The number of anilines is 1. The second-order valence-electron chi connectivity index (χ2n) is 6.35. The Bertz CT molecular complexity index is 951. The Hall–Kier alpha value is -2.09. The topological polar surface area (TPSA) is 64.1 Å². The summed E-state index contributed by atoms with van der Waals surface area (Å²) in [6, 6.07) is 11.8. The van der Waals surface area contributed by atoms with Crippen molar-refractivity contribution in [1.82, 2.24) is 10.2 Å². The molecule has 3 rings (SSSR count). The van der Waals surface area contributed by atoms with Gasteiger partial charge >= 0.3 is 0 Å². The van der Waals surface area contributed by atoms with E-state index in [1.54, 1.807) is 11.8 Å². The summed E-state index contributed by atoms with van der Waals surface area (Å²) < 4.78 is 6.50. The Morgan fingerprint density at radius 3 is 2.50 bits per heavy atom. The first kappa shape index (κ1) is 20.6. The molecule has 0 aliphatic heterocycles. The van der Waals surface area contributed by atoms with Crippen LogP contribution >= 0.6 is 34.7 Å². The number of hydrogen-bond acceptors (Lipinski definition) is 6. The van der Waals surface area contributed by atoms with Crippen LogP contribution in [-0.2, 0) is 10.5 Å². The number of hydrogen-bond donors (Lipinski definition) is 1. The standard InChI is InChI=1S/C20H20ClN3O2S2/c1-12-8-13(2)18(14(3)9-12)26-10-17(25)22-19-23-24-20(28-19)27-11-15-4-6-16(21)7-5-15/h4-9H,10-11H2,1-3H3,(H,22,23,25). The minimum atomic E-state index is -0.259. The molecule has 0 saturated heterocycles. The van der Waals surface area contributed by atoms with E-state index >= 15 is 0 Å². The molecular formula is C20H20ClN3O2S2. The first-order chi connectivity index (χ1) is 13.4. The van der Waals surface area contributed by atoms with E-state index in [0.717, 1.165) is 32.5 Å². The smallest absolute Gasteiger partial charge is 0.264 e. The lowest BCUT2D eigenvalue weighted by molar-refractivity contribution is -0.118. The van der Waals surface area contributed by atoms with E-state index in [4.69, 9.17) is 16.3 Å². The third-order valence-electron chi connectivity index (χ3n) is 3.88. The lowest BCUT2D eigenvalue weighted by atomic mass is 10.1. The third-order valence-corrected chi connectivity index (χ3v) is 6.18. The van der Waals surface area contributed by atoms with Crippen molar-refractivity contribution in [2.24, 2.45) is 0 Å². The second kappa shape index (κ2) is 9.41. The molecule has 0 aliphatic rings. The zero-order valence-corrected chi connectivity index (χ0v) is 18.2. The molecule has 1 amide bonds. The summed E-state index contributed by atoms with van der Waals surface area (Å²) in [5.74, 6) is 1.25. The highest BCUT2D eigenvalue weighted by molar-refractivity contribution is 8.00. The summed E-state index contributed by atoms with van der Waals surface area (Å²) in [5, 5.41) is 12.0. The van der Waals surface area contributed by atoms with E-state index in [2.05, 4.69) is 15.5 Å². The van der Waals surface area contributed by atoms with Crippen molar-refractivity contribution in [3.05, 3.63) is 63.7 Å². The minimum Gasteiger partial charge on any atom is -0.483 e. The zero-order chi connectivity index (χ0) is 20.1. The van der Waals surface area contributed by atoms with Crippen LogP contribution in [0.15, 0.2) is 40.7 Å². The molecule has 3 aromatic rings. The highest BCUT2D eigenvalue weighted by atomic mass is 35.5. The van der Waals surface area contributed by atoms with Gasteiger partial charge in [-0.15, -0.1) is 10.2 Å². The Morgan fingerprint density at radius 1 is 1.14 bits per heavy atom. The number of ether oxygens (including phenoxy) is 1. The highest BCUT2D eigenvalue weighted by Gasteiger charge is 2.12. The average molecular weight is 434 g/mol. The molecule has 0 saturated carbocycles. The van der Waals surface area contributed by atoms with E-state index in [-0.39, 0.29) is 12.5 Å². The van der Waals surface area contributed by atoms with Crippen LogP contribution in [0.2, 0.25) is 5.02 Å². The van der Waals surface area contributed by atoms with Gasteiger partial charge in [-0.05, 0) is 49.6 Å². The van der Waals surface area contributed by atoms with Gasteiger partial charge in [-0.3, -0.25) is 10.1 Å². The van der Waals surface area contributed by atoms with Gasteiger partial charge < -0.3 is 4.74 Å². The molecular weight excluding hydrogens is 414 g/mol.